The Morgan fingerprint density at radius 2 is 2.04 bits per heavy atom. The van der Waals surface area contributed by atoms with Gasteiger partial charge < -0.3 is 5.11 Å². The Morgan fingerprint density at radius 1 is 1.32 bits per heavy atom. The second-order valence-electron chi connectivity index (χ2n) is 5.08. The van der Waals surface area contributed by atoms with Gasteiger partial charge in [-0.05, 0) is 30.3 Å². The number of carboxylic acid groups (broad SMARTS) is 1. The molecule has 0 spiro atoms. The first-order valence-corrected chi connectivity index (χ1v) is 7.92. The van der Waals surface area contributed by atoms with Crippen molar-refractivity contribution in [2.45, 2.75) is 0 Å². The number of nitriles is 1. The van der Waals surface area contributed by atoms with Crippen LogP contribution in [-0.4, -0.2) is 20.9 Å². The molecule has 0 radical (unpaired) electrons. The summed E-state index contributed by atoms with van der Waals surface area (Å²) in [5, 5.41) is 22.9. The molecule has 1 aromatic heterocycles. The number of carbonyl (C=O) groups is 1. The molecular weight excluding hydrogens is 343 g/mol. The summed E-state index contributed by atoms with van der Waals surface area (Å²) in [5.74, 6) is -2.15. The summed E-state index contributed by atoms with van der Waals surface area (Å²) in [5.41, 5.74) is 1.29. The van der Waals surface area contributed by atoms with Crippen molar-refractivity contribution in [2.75, 3.05) is 0 Å². The Labute approximate surface area is 145 Å². The predicted molar refractivity (Wildman–Crippen MR) is 89.8 cm³/mol. The molecule has 0 aliphatic rings. The third kappa shape index (κ3) is 3.46. The standard InChI is InChI=1S/C17H11FN4O2S/c1-22-17(20-12-6-7-14(18)13(8-12)16(23)24)25-15(21-22)11-4-2-10(9-19)3-5-11/h2-8H,1H3,(H,23,24)/b20-17+. The minimum Gasteiger partial charge on any atom is -0.478 e. The van der Waals surface area contributed by atoms with E-state index in [4.69, 9.17) is 10.4 Å². The van der Waals surface area contributed by atoms with Gasteiger partial charge in [-0.15, -0.1) is 0 Å². The van der Waals surface area contributed by atoms with Crippen molar-refractivity contribution in [2.24, 2.45) is 12.0 Å². The van der Waals surface area contributed by atoms with Crippen molar-refractivity contribution >= 4 is 23.0 Å². The number of carboxylic acids is 1. The monoisotopic (exact) mass is 354 g/mol. The molecule has 0 bridgehead atoms. The summed E-state index contributed by atoms with van der Waals surface area (Å²) >= 11 is 1.30. The minimum atomic E-state index is -1.35. The first kappa shape index (κ1) is 16.5. The number of rotatable bonds is 3. The highest BCUT2D eigenvalue weighted by atomic mass is 32.1. The van der Waals surface area contributed by atoms with Gasteiger partial charge in [0, 0.05) is 12.6 Å². The molecule has 0 aliphatic heterocycles. The fourth-order valence-electron chi connectivity index (χ4n) is 2.11. The maximum atomic E-state index is 13.5. The number of halogens is 1. The van der Waals surface area contributed by atoms with Gasteiger partial charge in [0.25, 0.3) is 0 Å². The molecule has 2 aromatic carbocycles. The van der Waals surface area contributed by atoms with Gasteiger partial charge in [0.1, 0.15) is 10.8 Å². The number of aryl methyl sites for hydroxylation is 1. The molecular formula is C17H11FN4O2S. The molecule has 25 heavy (non-hydrogen) atoms. The van der Waals surface area contributed by atoms with Gasteiger partial charge in [0.05, 0.1) is 22.9 Å². The summed E-state index contributed by atoms with van der Waals surface area (Å²) < 4.78 is 15.0. The molecule has 0 unspecified atom stereocenters. The molecule has 6 nitrogen and oxygen atoms in total. The molecule has 124 valence electrons. The zero-order valence-corrected chi connectivity index (χ0v) is 13.8. The second-order valence-corrected chi connectivity index (χ2v) is 6.04. The van der Waals surface area contributed by atoms with Crippen molar-refractivity contribution < 1.29 is 14.3 Å². The summed E-state index contributed by atoms with van der Waals surface area (Å²) in [7, 11) is 1.71. The lowest BCUT2D eigenvalue weighted by Crippen LogP contribution is -2.11. The third-order valence-corrected chi connectivity index (χ3v) is 4.42. The summed E-state index contributed by atoms with van der Waals surface area (Å²) in [6, 6.07) is 12.7. The highest BCUT2D eigenvalue weighted by Crippen LogP contribution is 2.21. The SMILES string of the molecule is Cn1nc(-c2ccc(C#N)cc2)s/c1=N/c1ccc(F)c(C(=O)O)c1. The van der Waals surface area contributed by atoms with Gasteiger partial charge in [0.15, 0.2) is 0 Å². The van der Waals surface area contributed by atoms with Crippen LogP contribution < -0.4 is 4.80 Å². The third-order valence-electron chi connectivity index (χ3n) is 3.37. The average Bonchev–Trinajstić information content (AvgIpc) is 2.97. The Hall–Kier alpha value is -3.31. The van der Waals surface area contributed by atoms with Crippen molar-refractivity contribution in [1.82, 2.24) is 9.78 Å². The van der Waals surface area contributed by atoms with E-state index in [-0.39, 0.29) is 0 Å². The van der Waals surface area contributed by atoms with E-state index in [2.05, 4.69) is 16.2 Å². The first-order chi connectivity index (χ1) is 12.0. The zero-order chi connectivity index (χ0) is 18.0. The van der Waals surface area contributed by atoms with Crippen LogP contribution in [0.3, 0.4) is 0 Å². The lowest BCUT2D eigenvalue weighted by Gasteiger charge is -1.98. The fraction of sp³-hybridized carbons (Fsp3) is 0.0588. The molecule has 1 heterocycles. The number of hydrogen-bond donors (Lipinski definition) is 1. The molecule has 0 amide bonds. The number of benzene rings is 2. The maximum absolute atomic E-state index is 13.5. The lowest BCUT2D eigenvalue weighted by molar-refractivity contribution is 0.0692. The van der Waals surface area contributed by atoms with Crippen molar-refractivity contribution in [3.63, 3.8) is 0 Å². The molecule has 3 rings (SSSR count). The lowest BCUT2D eigenvalue weighted by atomic mass is 10.2. The molecule has 0 atom stereocenters. The summed E-state index contributed by atoms with van der Waals surface area (Å²) in [4.78, 5) is 15.9. The van der Waals surface area contributed by atoms with Gasteiger partial charge in [0.2, 0.25) is 4.80 Å². The fourth-order valence-corrected chi connectivity index (χ4v) is 3.02. The highest BCUT2D eigenvalue weighted by Gasteiger charge is 2.11. The Morgan fingerprint density at radius 3 is 2.68 bits per heavy atom. The summed E-state index contributed by atoms with van der Waals surface area (Å²) in [6.45, 7) is 0. The Kier molecular flexibility index (Phi) is 4.41. The van der Waals surface area contributed by atoms with E-state index in [1.165, 1.54) is 23.5 Å². The van der Waals surface area contributed by atoms with Crippen LogP contribution in [0.5, 0.6) is 0 Å². The van der Waals surface area contributed by atoms with Crippen molar-refractivity contribution in [3.8, 4) is 16.6 Å². The first-order valence-electron chi connectivity index (χ1n) is 7.10. The van der Waals surface area contributed by atoms with Gasteiger partial charge >= 0.3 is 5.97 Å². The van der Waals surface area contributed by atoms with Gasteiger partial charge in [-0.3, -0.25) is 0 Å². The van der Waals surface area contributed by atoms with Gasteiger partial charge in [-0.1, -0.05) is 23.5 Å². The molecule has 1 N–H and O–H groups in total. The molecule has 0 fully saturated rings. The van der Waals surface area contributed by atoms with E-state index in [1.807, 2.05) is 0 Å². The van der Waals surface area contributed by atoms with E-state index < -0.39 is 17.3 Å². The van der Waals surface area contributed by atoms with Crippen LogP contribution >= 0.6 is 11.3 Å². The molecule has 0 aliphatic carbocycles. The van der Waals surface area contributed by atoms with E-state index in [9.17, 15) is 9.18 Å². The second kappa shape index (κ2) is 6.67. The molecule has 0 saturated heterocycles. The largest absolute Gasteiger partial charge is 0.478 e. The summed E-state index contributed by atoms with van der Waals surface area (Å²) in [6.07, 6.45) is 0. The molecule has 8 heteroatoms. The van der Waals surface area contributed by atoms with E-state index in [0.717, 1.165) is 11.6 Å². The van der Waals surface area contributed by atoms with Crippen molar-refractivity contribution in [3.05, 3.63) is 64.2 Å². The van der Waals surface area contributed by atoms with Crippen LogP contribution in [0.4, 0.5) is 10.1 Å². The number of aromatic carboxylic acids is 1. The number of hydrogen-bond acceptors (Lipinski definition) is 5. The van der Waals surface area contributed by atoms with Crippen LogP contribution in [0.1, 0.15) is 15.9 Å². The highest BCUT2D eigenvalue weighted by molar-refractivity contribution is 7.12. The van der Waals surface area contributed by atoms with Gasteiger partial charge in [-0.2, -0.15) is 10.4 Å². The average molecular weight is 354 g/mol. The Bertz CT molecular complexity index is 1060. The van der Waals surface area contributed by atoms with Crippen LogP contribution in [-0.2, 0) is 7.05 Å². The Balaban J connectivity index is 2.02. The maximum Gasteiger partial charge on any atom is 0.338 e. The topological polar surface area (TPSA) is 91.3 Å². The smallest absolute Gasteiger partial charge is 0.338 e. The number of nitrogens with zero attached hydrogens (tertiary/aromatic N) is 4. The normalized spacial score (nSPS) is 11.3. The van der Waals surface area contributed by atoms with Crippen LogP contribution in [0, 0.1) is 17.1 Å². The molecule has 0 saturated carbocycles. The van der Waals surface area contributed by atoms with Crippen LogP contribution in [0.2, 0.25) is 0 Å². The zero-order valence-electron chi connectivity index (χ0n) is 13.0. The van der Waals surface area contributed by atoms with E-state index in [1.54, 1.807) is 36.0 Å². The van der Waals surface area contributed by atoms with Gasteiger partial charge in [-0.25, -0.2) is 18.9 Å². The van der Waals surface area contributed by atoms with E-state index >= 15 is 0 Å². The predicted octanol–water partition coefficient (Wildman–Crippen LogP) is 3.09. The quantitative estimate of drug-likeness (QED) is 0.782. The van der Waals surface area contributed by atoms with Crippen LogP contribution in [0.15, 0.2) is 47.5 Å². The van der Waals surface area contributed by atoms with Crippen LogP contribution in [0.25, 0.3) is 10.6 Å². The van der Waals surface area contributed by atoms with E-state index in [0.29, 0.717) is 21.1 Å². The number of aromatic nitrogens is 2. The van der Waals surface area contributed by atoms with Crippen molar-refractivity contribution in [1.29, 1.82) is 5.26 Å². The molecule has 3 aromatic rings. The minimum absolute atomic E-state index is 0.324.